The van der Waals surface area contributed by atoms with Gasteiger partial charge in [0.05, 0.1) is 12.2 Å². The second-order valence-corrected chi connectivity index (χ2v) is 4.66. The van der Waals surface area contributed by atoms with Gasteiger partial charge < -0.3 is 14.6 Å². The Morgan fingerprint density at radius 2 is 2.35 bits per heavy atom. The molecule has 17 heavy (non-hydrogen) atoms. The van der Waals surface area contributed by atoms with Crippen molar-refractivity contribution in [2.75, 3.05) is 13.2 Å². The minimum atomic E-state index is -0.505. The van der Waals surface area contributed by atoms with Crippen LogP contribution in [-0.2, 0) is 4.74 Å². The lowest BCUT2D eigenvalue weighted by molar-refractivity contribution is 0.0664. The molecule has 3 heteroatoms. The molecule has 94 valence electrons. The highest BCUT2D eigenvalue weighted by atomic mass is 16.5. The van der Waals surface area contributed by atoms with Gasteiger partial charge in [0.2, 0.25) is 0 Å². The molecular weight excluding hydrogens is 216 g/mol. The highest BCUT2D eigenvalue weighted by Crippen LogP contribution is 2.27. The van der Waals surface area contributed by atoms with Crippen LogP contribution < -0.4 is 4.74 Å². The van der Waals surface area contributed by atoms with Crippen LogP contribution in [0, 0.1) is 6.92 Å². The fourth-order valence-corrected chi connectivity index (χ4v) is 2.08. The van der Waals surface area contributed by atoms with Crippen LogP contribution >= 0.6 is 0 Å². The molecule has 1 aromatic carbocycles. The summed E-state index contributed by atoms with van der Waals surface area (Å²) in [5, 5.41) is 9.71. The van der Waals surface area contributed by atoms with Gasteiger partial charge >= 0.3 is 0 Å². The van der Waals surface area contributed by atoms with E-state index < -0.39 is 6.10 Å². The molecule has 0 aromatic heterocycles. The van der Waals surface area contributed by atoms with E-state index in [4.69, 9.17) is 9.47 Å². The van der Waals surface area contributed by atoms with E-state index in [1.54, 1.807) is 6.92 Å². The second kappa shape index (κ2) is 5.52. The third-order valence-electron chi connectivity index (χ3n) is 3.06. The van der Waals surface area contributed by atoms with Crippen molar-refractivity contribution in [2.24, 2.45) is 0 Å². The second-order valence-electron chi connectivity index (χ2n) is 4.66. The van der Waals surface area contributed by atoms with E-state index in [2.05, 4.69) is 0 Å². The monoisotopic (exact) mass is 236 g/mol. The van der Waals surface area contributed by atoms with Crippen molar-refractivity contribution in [1.82, 2.24) is 0 Å². The van der Waals surface area contributed by atoms with Crippen LogP contribution in [-0.4, -0.2) is 24.4 Å². The maximum Gasteiger partial charge on any atom is 0.125 e. The number of aryl methyl sites for hydroxylation is 1. The van der Waals surface area contributed by atoms with E-state index >= 15 is 0 Å². The number of rotatable bonds is 4. The Hall–Kier alpha value is -1.06. The number of ether oxygens (including phenoxy) is 2. The zero-order chi connectivity index (χ0) is 12.3. The molecular formula is C14H20O3. The maximum absolute atomic E-state index is 9.71. The van der Waals surface area contributed by atoms with Gasteiger partial charge in [0.1, 0.15) is 12.4 Å². The van der Waals surface area contributed by atoms with Crippen LogP contribution in [0.15, 0.2) is 18.2 Å². The quantitative estimate of drug-likeness (QED) is 0.873. The Morgan fingerprint density at radius 3 is 3.00 bits per heavy atom. The SMILES string of the molecule is Cc1ccc(OCC2CCCO2)c(C(C)O)c1. The van der Waals surface area contributed by atoms with Crippen molar-refractivity contribution in [3.63, 3.8) is 0 Å². The van der Waals surface area contributed by atoms with Gasteiger partial charge in [-0.25, -0.2) is 0 Å². The molecule has 0 amide bonds. The molecule has 1 heterocycles. The fraction of sp³-hybridized carbons (Fsp3) is 0.571. The van der Waals surface area contributed by atoms with Crippen LogP contribution in [0.25, 0.3) is 0 Å². The van der Waals surface area contributed by atoms with E-state index in [1.165, 1.54) is 0 Å². The van der Waals surface area contributed by atoms with Crippen LogP contribution in [0.3, 0.4) is 0 Å². The summed E-state index contributed by atoms with van der Waals surface area (Å²) in [5.41, 5.74) is 1.98. The first kappa shape index (κ1) is 12.4. The number of aliphatic hydroxyl groups excluding tert-OH is 1. The molecule has 0 saturated carbocycles. The molecule has 1 aliphatic heterocycles. The Morgan fingerprint density at radius 1 is 1.53 bits per heavy atom. The topological polar surface area (TPSA) is 38.7 Å². The lowest BCUT2D eigenvalue weighted by atomic mass is 10.1. The van der Waals surface area contributed by atoms with Crippen molar-refractivity contribution < 1.29 is 14.6 Å². The molecule has 0 spiro atoms. The summed E-state index contributed by atoms with van der Waals surface area (Å²) in [6.07, 6.45) is 1.88. The Bertz CT molecular complexity index is 368. The molecule has 0 aliphatic carbocycles. The Kier molecular flexibility index (Phi) is 4.02. The Labute approximate surface area is 102 Å². The van der Waals surface area contributed by atoms with E-state index in [1.807, 2.05) is 25.1 Å². The lowest BCUT2D eigenvalue weighted by Gasteiger charge is -2.16. The average Bonchev–Trinajstić information content (AvgIpc) is 2.80. The fourth-order valence-electron chi connectivity index (χ4n) is 2.08. The van der Waals surface area contributed by atoms with Crippen LogP contribution in [0.2, 0.25) is 0 Å². The summed E-state index contributed by atoms with van der Waals surface area (Å²) >= 11 is 0. The van der Waals surface area contributed by atoms with Crippen molar-refractivity contribution in [3.05, 3.63) is 29.3 Å². The first-order chi connectivity index (χ1) is 8.16. The van der Waals surface area contributed by atoms with Crippen LogP contribution in [0.4, 0.5) is 0 Å². The van der Waals surface area contributed by atoms with Gasteiger partial charge in [-0.05, 0) is 38.8 Å². The first-order valence-corrected chi connectivity index (χ1v) is 6.20. The van der Waals surface area contributed by atoms with Gasteiger partial charge in [-0.15, -0.1) is 0 Å². The van der Waals surface area contributed by atoms with Gasteiger partial charge in [0.15, 0.2) is 0 Å². The minimum absolute atomic E-state index is 0.207. The van der Waals surface area contributed by atoms with Crippen molar-refractivity contribution in [1.29, 1.82) is 0 Å². The molecule has 0 radical (unpaired) electrons. The molecule has 1 N–H and O–H groups in total. The number of hydrogen-bond acceptors (Lipinski definition) is 3. The molecule has 2 unspecified atom stereocenters. The van der Waals surface area contributed by atoms with Gasteiger partial charge in [-0.1, -0.05) is 11.6 Å². The summed E-state index contributed by atoms with van der Waals surface area (Å²) in [4.78, 5) is 0. The van der Waals surface area contributed by atoms with Crippen LogP contribution in [0.5, 0.6) is 5.75 Å². The maximum atomic E-state index is 9.71. The third kappa shape index (κ3) is 3.20. The zero-order valence-corrected chi connectivity index (χ0v) is 10.5. The first-order valence-electron chi connectivity index (χ1n) is 6.20. The van der Waals surface area contributed by atoms with E-state index in [-0.39, 0.29) is 6.10 Å². The van der Waals surface area contributed by atoms with Crippen LogP contribution in [0.1, 0.15) is 37.0 Å². The number of benzene rings is 1. The molecule has 0 bridgehead atoms. The highest BCUT2D eigenvalue weighted by molar-refractivity contribution is 5.38. The molecule has 1 fully saturated rings. The van der Waals surface area contributed by atoms with Gasteiger partial charge in [-0.2, -0.15) is 0 Å². The summed E-state index contributed by atoms with van der Waals surface area (Å²) in [5.74, 6) is 0.765. The van der Waals surface area contributed by atoms with Crippen molar-refractivity contribution in [3.8, 4) is 5.75 Å². The average molecular weight is 236 g/mol. The summed E-state index contributed by atoms with van der Waals surface area (Å²) in [7, 11) is 0. The van der Waals surface area contributed by atoms with Crippen molar-refractivity contribution >= 4 is 0 Å². The van der Waals surface area contributed by atoms with E-state index in [0.29, 0.717) is 6.61 Å². The van der Waals surface area contributed by atoms with E-state index in [0.717, 1.165) is 36.3 Å². The predicted octanol–water partition coefficient (Wildman–Crippen LogP) is 2.61. The molecule has 1 aromatic rings. The lowest BCUT2D eigenvalue weighted by Crippen LogP contribution is -2.17. The predicted molar refractivity (Wildman–Crippen MR) is 66.3 cm³/mol. The summed E-state index contributed by atoms with van der Waals surface area (Å²) in [6, 6.07) is 5.89. The molecule has 2 atom stereocenters. The standard InChI is InChI=1S/C14H20O3/c1-10-5-6-14(13(8-10)11(2)15)17-9-12-4-3-7-16-12/h5-6,8,11-12,15H,3-4,7,9H2,1-2H3. The normalized spacial score (nSPS) is 21.5. The number of hydrogen-bond donors (Lipinski definition) is 1. The van der Waals surface area contributed by atoms with E-state index in [9.17, 15) is 5.11 Å². The molecule has 1 aliphatic rings. The minimum Gasteiger partial charge on any atom is -0.490 e. The van der Waals surface area contributed by atoms with Gasteiger partial charge in [0, 0.05) is 12.2 Å². The van der Waals surface area contributed by atoms with Gasteiger partial charge in [0.25, 0.3) is 0 Å². The zero-order valence-electron chi connectivity index (χ0n) is 10.5. The van der Waals surface area contributed by atoms with Crippen molar-refractivity contribution in [2.45, 2.75) is 38.9 Å². The molecule has 1 saturated heterocycles. The Balaban J connectivity index is 2.03. The van der Waals surface area contributed by atoms with Gasteiger partial charge in [-0.3, -0.25) is 0 Å². The highest BCUT2D eigenvalue weighted by Gasteiger charge is 2.17. The largest absolute Gasteiger partial charge is 0.490 e. The smallest absolute Gasteiger partial charge is 0.125 e. The third-order valence-corrected chi connectivity index (χ3v) is 3.06. The summed E-state index contributed by atoms with van der Waals surface area (Å²) < 4.78 is 11.3. The molecule has 2 rings (SSSR count). The summed E-state index contributed by atoms with van der Waals surface area (Å²) in [6.45, 7) is 5.18. The molecule has 3 nitrogen and oxygen atoms in total. The number of aliphatic hydroxyl groups is 1.